The molecule has 2 aliphatic rings. The van der Waals surface area contributed by atoms with Gasteiger partial charge in [-0.15, -0.1) is 0 Å². The smallest absolute Gasteiger partial charge is 0.323 e. The minimum atomic E-state index is -3.85. The molecule has 2 fully saturated rings. The molecule has 0 saturated carbocycles. The summed E-state index contributed by atoms with van der Waals surface area (Å²) in [7, 11) is -3.85. The van der Waals surface area contributed by atoms with Crippen LogP contribution >= 0.6 is 0 Å². The maximum atomic E-state index is 13.8. The molecule has 126 valence electrons. The highest BCUT2D eigenvalue weighted by Crippen LogP contribution is 2.24. The number of sulfonamides is 1. The van der Waals surface area contributed by atoms with Crippen LogP contribution in [0.1, 0.15) is 13.3 Å². The number of carbonyl (C=O) groups is 1. The van der Waals surface area contributed by atoms with Crippen molar-refractivity contribution in [3.05, 3.63) is 30.1 Å². The van der Waals surface area contributed by atoms with E-state index in [0.29, 0.717) is 19.5 Å². The lowest BCUT2D eigenvalue weighted by Gasteiger charge is -2.35. The van der Waals surface area contributed by atoms with Crippen LogP contribution in [0, 0.1) is 5.82 Å². The van der Waals surface area contributed by atoms with Crippen molar-refractivity contribution in [2.45, 2.75) is 30.4 Å². The molecule has 3 rings (SSSR count). The quantitative estimate of drug-likeness (QED) is 0.762. The first-order valence-electron chi connectivity index (χ1n) is 7.59. The van der Waals surface area contributed by atoms with E-state index in [1.54, 1.807) is 0 Å². The van der Waals surface area contributed by atoms with Crippen LogP contribution in [0.5, 0.6) is 0 Å². The number of benzene rings is 1. The Bertz CT molecular complexity index is 701. The van der Waals surface area contributed by atoms with Gasteiger partial charge >= 0.3 is 5.97 Å². The van der Waals surface area contributed by atoms with E-state index in [1.165, 1.54) is 22.5 Å². The highest BCUT2D eigenvalue weighted by atomic mass is 32.2. The molecule has 2 heterocycles. The molecule has 0 unspecified atom stereocenters. The van der Waals surface area contributed by atoms with Gasteiger partial charge in [0.05, 0.1) is 0 Å². The van der Waals surface area contributed by atoms with E-state index in [1.807, 2.05) is 11.8 Å². The van der Waals surface area contributed by atoms with Gasteiger partial charge in [0.15, 0.2) is 0 Å². The summed E-state index contributed by atoms with van der Waals surface area (Å²) in [6.45, 7) is 3.17. The fraction of sp³-hybridized carbons (Fsp3) is 0.533. The zero-order chi connectivity index (χ0) is 16.6. The number of nitrogens with zero attached hydrogens (tertiary/aromatic N) is 2. The van der Waals surface area contributed by atoms with Gasteiger partial charge < -0.3 is 4.74 Å². The van der Waals surface area contributed by atoms with Crippen LogP contribution in [0.2, 0.25) is 0 Å². The SMILES string of the molecule is C[C@@H]1C[C@H](N2CCN(S(=O)(=O)c3ccccc3F)CC2)C(=O)O1. The van der Waals surface area contributed by atoms with E-state index in [2.05, 4.69) is 0 Å². The number of halogens is 1. The van der Waals surface area contributed by atoms with E-state index in [0.717, 1.165) is 6.07 Å². The van der Waals surface area contributed by atoms with Crippen molar-refractivity contribution in [1.82, 2.24) is 9.21 Å². The molecule has 0 radical (unpaired) electrons. The third-order valence-corrected chi connectivity index (χ3v) is 6.24. The predicted octanol–water partition coefficient (Wildman–Crippen LogP) is 0.836. The Morgan fingerprint density at radius 3 is 2.39 bits per heavy atom. The number of carbonyl (C=O) groups excluding carboxylic acids is 1. The molecule has 0 amide bonds. The number of hydrogen-bond acceptors (Lipinski definition) is 5. The minimum absolute atomic E-state index is 0.104. The predicted molar refractivity (Wildman–Crippen MR) is 80.7 cm³/mol. The second-order valence-corrected chi connectivity index (χ2v) is 7.78. The van der Waals surface area contributed by atoms with Crippen LogP contribution in [0.4, 0.5) is 4.39 Å². The Morgan fingerprint density at radius 1 is 1.17 bits per heavy atom. The summed E-state index contributed by atoms with van der Waals surface area (Å²) in [5, 5.41) is 0. The van der Waals surface area contributed by atoms with Crippen molar-refractivity contribution >= 4 is 16.0 Å². The zero-order valence-electron chi connectivity index (χ0n) is 12.8. The highest BCUT2D eigenvalue weighted by Gasteiger charge is 2.39. The lowest BCUT2D eigenvalue weighted by Crippen LogP contribution is -2.53. The van der Waals surface area contributed by atoms with Crippen LogP contribution in [-0.4, -0.2) is 61.9 Å². The molecule has 0 spiro atoms. The Hall–Kier alpha value is -1.51. The number of hydrogen-bond donors (Lipinski definition) is 0. The molecule has 0 aromatic heterocycles. The Balaban J connectivity index is 1.69. The third kappa shape index (κ3) is 3.11. The molecular formula is C15H19FN2O4S. The Kier molecular flexibility index (Phi) is 4.39. The normalized spacial score (nSPS) is 27.1. The standard InChI is InChI=1S/C15H19FN2O4S/c1-11-10-13(15(19)22-11)17-6-8-18(9-7-17)23(20,21)14-5-3-2-4-12(14)16/h2-5,11,13H,6-10H2,1H3/t11-,13+/m1/s1. The first-order chi connectivity index (χ1) is 10.9. The molecule has 2 aliphatic heterocycles. The first-order valence-corrected chi connectivity index (χ1v) is 9.03. The molecule has 1 aromatic rings. The molecule has 0 N–H and O–H groups in total. The van der Waals surface area contributed by atoms with E-state index in [4.69, 9.17) is 4.74 Å². The molecular weight excluding hydrogens is 323 g/mol. The van der Waals surface area contributed by atoms with Gasteiger partial charge in [0, 0.05) is 32.6 Å². The highest BCUT2D eigenvalue weighted by molar-refractivity contribution is 7.89. The van der Waals surface area contributed by atoms with Gasteiger partial charge in [0.2, 0.25) is 10.0 Å². The fourth-order valence-corrected chi connectivity index (χ4v) is 4.57. The molecule has 23 heavy (non-hydrogen) atoms. The fourth-order valence-electron chi connectivity index (χ4n) is 3.08. The maximum Gasteiger partial charge on any atom is 0.323 e. The number of cyclic esters (lactones) is 1. The van der Waals surface area contributed by atoms with Crippen molar-refractivity contribution in [1.29, 1.82) is 0 Å². The topological polar surface area (TPSA) is 66.9 Å². The summed E-state index contributed by atoms with van der Waals surface area (Å²) in [4.78, 5) is 13.4. The summed E-state index contributed by atoms with van der Waals surface area (Å²) in [6, 6.07) is 5.07. The average molecular weight is 342 g/mol. The summed E-state index contributed by atoms with van der Waals surface area (Å²) in [5.41, 5.74) is 0. The van der Waals surface area contributed by atoms with Gasteiger partial charge in [-0.3, -0.25) is 9.69 Å². The average Bonchev–Trinajstić information content (AvgIpc) is 2.86. The summed E-state index contributed by atoms with van der Waals surface area (Å²) >= 11 is 0. The van der Waals surface area contributed by atoms with Crippen LogP contribution in [-0.2, 0) is 19.6 Å². The molecule has 6 nitrogen and oxygen atoms in total. The summed E-state index contributed by atoms with van der Waals surface area (Å²) in [6.07, 6.45) is 0.520. The van der Waals surface area contributed by atoms with Gasteiger partial charge in [0.25, 0.3) is 0 Å². The monoisotopic (exact) mass is 342 g/mol. The van der Waals surface area contributed by atoms with Crippen LogP contribution < -0.4 is 0 Å². The maximum absolute atomic E-state index is 13.8. The van der Waals surface area contributed by atoms with Gasteiger partial charge in [0.1, 0.15) is 22.9 Å². The molecule has 8 heteroatoms. The second-order valence-electron chi connectivity index (χ2n) is 5.87. The number of piperazine rings is 1. The molecule has 2 atom stereocenters. The van der Waals surface area contributed by atoms with Crippen molar-refractivity contribution in [2.75, 3.05) is 26.2 Å². The number of ether oxygens (including phenoxy) is 1. The third-order valence-electron chi connectivity index (χ3n) is 4.31. The van der Waals surface area contributed by atoms with E-state index >= 15 is 0 Å². The van der Waals surface area contributed by atoms with Crippen LogP contribution in [0.15, 0.2) is 29.2 Å². The van der Waals surface area contributed by atoms with Gasteiger partial charge in [-0.05, 0) is 19.1 Å². The van der Waals surface area contributed by atoms with Gasteiger partial charge in [-0.25, -0.2) is 12.8 Å². The van der Waals surface area contributed by atoms with Crippen LogP contribution in [0.3, 0.4) is 0 Å². The minimum Gasteiger partial charge on any atom is -0.461 e. The van der Waals surface area contributed by atoms with Gasteiger partial charge in [-0.1, -0.05) is 12.1 Å². The number of rotatable bonds is 3. The van der Waals surface area contributed by atoms with E-state index < -0.39 is 15.8 Å². The van der Waals surface area contributed by atoms with Crippen LogP contribution in [0.25, 0.3) is 0 Å². The second kappa shape index (κ2) is 6.18. The van der Waals surface area contributed by atoms with Crippen molar-refractivity contribution in [2.24, 2.45) is 0 Å². The van der Waals surface area contributed by atoms with Crippen molar-refractivity contribution in [3.63, 3.8) is 0 Å². The van der Waals surface area contributed by atoms with Gasteiger partial charge in [-0.2, -0.15) is 4.31 Å². The van der Waals surface area contributed by atoms with Crippen molar-refractivity contribution < 1.29 is 22.3 Å². The molecule has 0 bridgehead atoms. The molecule has 1 aromatic carbocycles. The van der Waals surface area contributed by atoms with Crippen molar-refractivity contribution in [3.8, 4) is 0 Å². The lowest BCUT2D eigenvalue weighted by molar-refractivity contribution is -0.145. The Labute approximate surface area is 134 Å². The number of esters is 1. The first kappa shape index (κ1) is 16.4. The molecule has 0 aliphatic carbocycles. The van der Waals surface area contributed by atoms with E-state index in [-0.39, 0.29) is 36.1 Å². The zero-order valence-corrected chi connectivity index (χ0v) is 13.6. The lowest BCUT2D eigenvalue weighted by atomic mass is 10.1. The summed E-state index contributed by atoms with van der Waals surface area (Å²) in [5.74, 6) is -0.994. The largest absolute Gasteiger partial charge is 0.461 e. The molecule has 2 saturated heterocycles. The van der Waals surface area contributed by atoms with E-state index in [9.17, 15) is 17.6 Å². The Morgan fingerprint density at radius 2 is 1.83 bits per heavy atom. The summed E-state index contributed by atoms with van der Waals surface area (Å²) < 4.78 is 45.2.